The van der Waals surface area contributed by atoms with Crippen LogP contribution in [0.3, 0.4) is 0 Å². The Balaban J connectivity index is 2.21. The minimum atomic E-state index is -0.204. The molecular weight excluding hydrogens is 312 g/mol. The molecular formula is C17H19ClN4O. The summed E-state index contributed by atoms with van der Waals surface area (Å²) in [5.41, 5.74) is 1.90. The molecule has 23 heavy (non-hydrogen) atoms. The summed E-state index contributed by atoms with van der Waals surface area (Å²) in [6.45, 7) is 6.46. The minimum absolute atomic E-state index is 0.204. The molecule has 2 aromatic heterocycles. The van der Waals surface area contributed by atoms with Gasteiger partial charge in [0.15, 0.2) is 5.65 Å². The maximum atomic E-state index is 12.9. The lowest BCUT2D eigenvalue weighted by Crippen LogP contribution is -2.32. The summed E-state index contributed by atoms with van der Waals surface area (Å²) in [6, 6.07) is 9.88. The predicted octanol–water partition coefficient (Wildman–Crippen LogP) is 3.10. The first kappa shape index (κ1) is 15.7. The molecule has 0 aliphatic carbocycles. The van der Waals surface area contributed by atoms with Gasteiger partial charge in [-0.15, -0.1) is 0 Å². The van der Waals surface area contributed by atoms with Crippen LogP contribution >= 0.6 is 11.6 Å². The molecule has 120 valence electrons. The molecule has 0 bridgehead atoms. The van der Waals surface area contributed by atoms with E-state index in [1.165, 1.54) is 4.52 Å². The van der Waals surface area contributed by atoms with E-state index in [9.17, 15) is 4.79 Å². The molecule has 0 radical (unpaired) electrons. The number of aryl methyl sites for hydroxylation is 1. The Labute approximate surface area is 139 Å². The molecule has 3 aromatic rings. The number of benzene rings is 1. The summed E-state index contributed by atoms with van der Waals surface area (Å²) in [7, 11) is 0. The monoisotopic (exact) mass is 330 g/mol. The van der Waals surface area contributed by atoms with Crippen LogP contribution in [0.4, 0.5) is 0 Å². The van der Waals surface area contributed by atoms with Crippen molar-refractivity contribution in [2.45, 2.75) is 33.7 Å². The van der Waals surface area contributed by atoms with Crippen LogP contribution in [0.1, 0.15) is 30.9 Å². The molecule has 0 amide bonds. The quantitative estimate of drug-likeness (QED) is 0.738. The molecule has 0 atom stereocenters. The number of aromatic nitrogens is 4. The molecule has 3 rings (SSSR count). The van der Waals surface area contributed by atoms with Gasteiger partial charge in [-0.2, -0.15) is 9.61 Å². The van der Waals surface area contributed by atoms with Crippen LogP contribution in [0.25, 0.3) is 5.65 Å². The van der Waals surface area contributed by atoms with Crippen LogP contribution in [-0.4, -0.2) is 19.2 Å². The predicted molar refractivity (Wildman–Crippen MR) is 91.1 cm³/mol. The maximum Gasteiger partial charge on any atom is 0.352 e. The first-order valence-electron chi connectivity index (χ1n) is 7.66. The Kier molecular flexibility index (Phi) is 4.22. The van der Waals surface area contributed by atoms with Crippen molar-refractivity contribution in [3.8, 4) is 0 Å². The molecule has 0 spiro atoms. The number of hydrogen-bond donors (Lipinski definition) is 0. The smallest absolute Gasteiger partial charge is 0.275 e. The largest absolute Gasteiger partial charge is 0.352 e. The van der Waals surface area contributed by atoms with Crippen molar-refractivity contribution >= 4 is 17.2 Å². The third kappa shape index (κ3) is 3.01. The SMILES string of the molecule is Cc1nn2c(=O)n(Cc3ccccc3)c(CC(C)C)nc2c1Cl. The van der Waals surface area contributed by atoms with Gasteiger partial charge in [-0.1, -0.05) is 55.8 Å². The summed E-state index contributed by atoms with van der Waals surface area (Å²) in [5.74, 6) is 1.12. The second kappa shape index (κ2) is 6.16. The van der Waals surface area contributed by atoms with Crippen molar-refractivity contribution in [2.24, 2.45) is 5.92 Å². The highest BCUT2D eigenvalue weighted by molar-refractivity contribution is 6.34. The topological polar surface area (TPSA) is 52.2 Å². The standard InChI is InChI=1S/C17H19ClN4O/c1-11(2)9-14-19-16-15(18)12(3)20-22(16)17(23)21(14)10-13-7-5-4-6-8-13/h4-8,11H,9-10H2,1-3H3. The van der Waals surface area contributed by atoms with E-state index in [4.69, 9.17) is 11.6 Å². The van der Waals surface area contributed by atoms with Gasteiger partial charge >= 0.3 is 5.69 Å². The number of rotatable bonds is 4. The lowest BCUT2D eigenvalue weighted by atomic mass is 10.1. The van der Waals surface area contributed by atoms with Crippen LogP contribution in [0.5, 0.6) is 0 Å². The fraction of sp³-hybridized carbons (Fsp3) is 0.353. The van der Waals surface area contributed by atoms with Crippen molar-refractivity contribution in [1.82, 2.24) is 19.2 Å². The Morgan fingerprint density at radius 1 is 1.22 bits per heavy atom. The average Bonchev–Trinajstić information content (AvgIpc) is 2.80. The number of hydrogen-bond acceptors (Lipinski definition) is 3. The second-order valence-corrected chi connectivity index (χ2v) is 6.49. The van der Waals surface area contributed by atoms with Gasteiger partial charge in [-0.3, -0.25) is 4.57 Å². The first-order valence-corrected chi connectivity index (χ1v) is 8.03. The van der Waals surface area contributed by atoms with Crippen LogP contribution in [-0.2, 0) is 13.0 Å². The lowest BCUT2D eigenvalue weighted by Gasteiger charge is -2.14. The molecule has 0 saturated heterocycles. The second-order valence-electron chi connectivity index (χ2n) is 6.12. The van der Waals surface area contributed by atoms with Crippen molar-refractivity contribution in [3.63, 3.8) is 0 Å². The van der Waals surface area contributed by atoms with Crippen LogP contribution < -0.4 is 5.69 Å². The first-order chi connectivity index (χ1) is 11.0. The van der Waals surface area contributed by atoms with Gasteiger partial charge in [0, 0.05) is 6.42 Å². The van der Waals surface area contributed by atoms with E-state index in [-0.39, 0.29) is 5.69 Å². The molecule has 0 aliphatic heterocycles. The van der Waals surface area contributed by atoms with Gasteiger partial charge in [0.25, 0.3) is 0 Å². The molecule has 6 heteroatoms. The zero-order chi connectivity index (χ0) is 16.6. The summed E-state index contributed by atoms with van der Waals surface area (Å²) >= 11 is 6.24. The Morgan fingerprint density at radius 3 is 2.57 bits per heavy atom. The van der Waals surface area contributed by atoms with E-state index >= 15 is 0 Å². The summed E-state index contributed by atoms with van der Waals surface area (Å²) in [4.78, 5) is 17.5. The molecule has 0 fully saturated rings. The zero-order valence-corrected chi connectivity index (χ0v) is 14.2. The van der Waals surface area contributed by atoms with E-state index in [1.54, 1.807) is 11.5 Å². The number of fused-ring (bicyclic) bond motifs is 1. The zero-order valence-electron chi connectivity index (χ0n) is 13.5. The minimum Gasteiger partial charge on any atom is -0.275 e. The number of halogens is 1. The van der Waals surface area contributed by atoms with Crippen LogP contribution in [0.2, 0.25) is 5.02 Å². The maximum absolute atomic E-state index is 12.9. The highest BCUT2D eigenvalue weighted by Crippen LogP contribution is 2.19. The van der Waals surface area contributed by atoms with Crippen LogP contribution in [0.15, 0.2) is 35.1 Å². The molecule has 0 N–H and O–H groups in total. The molecule has 5 nitrogen and oxygen atoms in total. The highest BCUT2D eigenvalue weighted by Gasteiger charge is 2.17. The molecule has 0 unspecified atom stereocenters. The number of nitrogens with zero attached hydrogens (tertiary/aromatic N) is 4. The Bertz CT molecular complexity index is 896. The van der Waals surface area contributed by atoms with Gasteiger partial charge in [-0.25, -0.2) is 9.78 Å². The third-order valence-electron chi connectivity index (χ3n) is 3.70. The van der Waals surface area contributed by atoms with Gasteiger partial charge in [0.1, 0.15) is 10.8 Å². The Morgan fingerprint density at radius 2 is 1.91 bits per heavy atom. The van der Waals surface area contributed by atoms with Gasteiger partial charge in [-0.05, 0) is 18.4 Å². The summed E-state index contributed by atoms with van der Waals surface area (Å²) in [5, 5.41) is 4.67. The van der Waals surface area contributed by atoms with Gasteiger partial charge in [0.05, 0.1) is 12.2 Å². The normalized spacial score (nSPS) is 11.5. The fourth-order valence-corrected chi connectivity index (χ4v) is 2.74. The van der Waals surface area contributed by atoms with Gasteiger partial charge < -0.3 is 0 Å². The van der Waals surface area contributed by atoms with Crippen molar-refractivity contribution < 1.29 is 0 Å². The van der Waals surface area contributed by atoms with E-state index in [0.717, 1.165) is 11.4 Å². The Hall–Kier alpha value is -2.14. The van der Waals surface area contributed by atoms with Crippen molar-refractivity contribution in [3.05, 3.63) is 62.9 Å². The van der Waals surface area contributed by atoms with Crippen molar-refractivity contribution in [2.75, 3.05) is 0 Å². The highest BCUT2D eigenvalue weighted by atomic mass is 35.5. The fourth-order valence-electron chi connectivity index (χ4n) is 2.58. The van der Waals surface area contributed by atoms with Crippen molar-refractivity contribution in [1.29, 1.82) is 0 Å². The molecule has 0 aliphatic rings. The van der Waals surface area contributed by atoms with Gasteiger partial charge in [0.2, 0.25) is 0 Å². The van der Waals surface area contributed by atoms with E-state index in [2.05, 4.69) is 23.9 Å². The summed E-state index contributed by atoms with van der Waals surface area (Å²) in [6.07, 6.45) is 0.707. The molecule has 0 saturated carbocycles. The lowest BCUT2D eigenvalue weighted by molar-refractivity contribution is 0.550. The van der Waals surface area contributed by atoms with E-state index < -0.39 is 0 Å². The summed E-state index contributed by atoms with van der Waals surface area (Å²) < 4.78 is 2.98. The van der Waals surface area contributed by atoms with Crippen LogP contribution in [0, 0.1) is 12.8 Å². The average molecular weight is 331 g/mol. The molecule has 2 heterocycles. The van der Waals surface area contributed by atoms with E-state index in [1.807, 2.05) is 30.3 Å². The van der Waals surface area contributed by atoms with E-state index in [0.29, 0.717) is 35.2 Å². The third-order valence-corrected chi connectivity index (χ3v) is 4.14. The molecule has 1 aromatic carbocycles.